The summed E-state index contributed by atoms with van der Waals surface area (Å²) < 4.78 is 27.3. The van der Waals surface area contributed by atoms with Crippen LogP contribution in [0.2, 0.25) is 0 Å². The predicted molar refractivity (Wildman–Crippen MR) is 84.6 cm³/mol. The number of rotatable bonds is 3. The second kappa shape index (κ2) is 6.44. The summed E-state index contributed by atoms with van der Waals surface area (Å²) in [7, 11) is 0. The van der Waals surface area contributed by atoms with E-state index in [0.29, 0.717) is 16.9 Å². The van der Waals surface area contributed by atoms with Crippen molar-refractivity contribution >= 4 is 18.7 Å². The van der Waals surface area contributed by atoms with Gasteiger partial charge in [-0.15, -0.1) is 0 Å². The lowest BCUT2D eigenvalue weighted by molar-refractivity contribution is 0.628. The van der Waals surface area contributed by atoms with Gasteiger partial charge in [-0.05, 0) is 55.0 Å². The molecular weight excluding hydrogens is 268 g/mol. The van der Waals surface area contributed by atoms with Crippen molar-refractivity contribution in [2.24, 2.45) is 4.99 Å². The zero-order chi connectivity index (χ0) is 15.4. The monoisotopic (exact) mass is 285 g/mol. The van der Waals surface area contributed by atoms with E-state index in [1.807, 2.05) is 6.92 Å². The molecule has 0 aromatic heterocycles. The summed E-state index contributed by atoms with van der Waals surface area (Å²) >= 11 is 0. The van der Waals surface area contributed by atoms with Crippen LogP contribution in [0.25, 0.3) is 23.2 Å². The summed E-state index contributed by atoms with van der Waals surface area (Å²) in [6, 6.07) is 9.95. The highest BCUT2D eigenvalue weighted by Crippen LogP contribution is 2.22. The fourth-order valence-corrected chi connectivity index (χ4v) is 2.28. The highest BCUT2D eigenvalue weighted by molar-refractivity contribution is 5.67. The molecule has 1 nitrogen and oxygen atoms in total. The van der Waals surface area contributed by atoms with E-state index < -0.39 is 0 Å². The number of hydrogen-bond acceptors (Lipinski definition) is 1. The predicted octanol–water partition coefficient (Wildman–Crippen LogP) is 3.73. The second-order valence-corrected chi connectivity index (χ2v) is 4.83. The van der Waals surface area contributed by atoms with E-state index >= 15 is 0 Å². The van der Waals surface area contributed by atoms with Gasteiger partial charge in [-0.2, -0.15) is 0 Å². The van der Waals surface area contributed by atoms with Crippen LogP contribution in [0.1, 0.15) is 18.9 Å². The Morgan fingerprint density at radius 2 is 2.00 bits per heavy atom. The summed E-state index contributed by atoms with van der Waals surface area (Å²) in [6.45, 7) is 7.09. The van der Waals surface area contributed by atoms with E-state index in [1.165, 1.54) is 18.3 Å². The molecule has 0 atom stereocenters. The van der Waals surface area contributed by atoms with Crippen molar-refractivity contribution in [2.75, 3.05) is 0 Å². The van der Waals surface area contributed by atoms with E-state index in [-0.39, 0.29) is 11.6 Å². The Hall–Kier alpha value is -2.29. The number of halogens is 2. The molecule has 108 valence electrons. The van der Waals surface area contributed by atoms with Gasteiger partial charge in [-0.3, -0.25) is 4.99 Å². The number of hydrogen-bond donors (Lipinski definition) is 0. The van der Waals surface area contributed by atoms with Gasteiger partial charge < -0.3 is 0 Å². The smallest absolute Gasteiger partial charge is 0.123 e. The van der Waals surface area contributed by atoms with Crippen molar-refractivity contribution in [1.82, 2.24) is 0 Å². The van der Waals surface area contributed by atoms with Gasteiger partial charge >= 0.3 is 0 Å². The Balaban J connectivity index is 2.75. The lowest BCUT2D eigenvalue weighted by Crippen LogP contribution is -2.25. The molecule has 0 fully saturated rings. The largest absolute Gasteiger partial charge is 0.272 e. The average Bonchev–Trinajstić information content (AvgIpc) is 2.49. The molecule has 2 aromatic carbocycles. The minimum absolute atomic E-state index is 0.201. The van der Waals surface area contributed by atoms with Gasteiger partial charge in [0.1, 0.15) is 11.6 Å². The molecule has 0 aliphatic carbocycles. The van der Waals surface area contributed by atoms with E-state index in [4.69, 9.17) is 0 Å². The Morgan fingerprint density at radius 3 is 2.67 bits per heavy atom. The fourth-order valence-electron chi connectivity index (χ4n) is 2.28. The quantitative estimate of drug-likeness (QED) is 0.762. The third kappa shape index (κ3) is 3.24. The van der Waals surface area contributed by atoms with Gasteiger partial charge in [-0.1, -0.05) is 25.1 Å². The standard InChI is InChI=1S/C18H17F2N/c1-4-18(20)16-8-6-13(9-14(16)11-21-3)17-10-15(19)7-5-12(17)2/h5-11H,3-4H2,1-2H3/b14-11-,18-16+. The maximum atomic E-state index is 13.9. The lowest BCUT2D eigenvalue weighted by atomic mass is 9.99. The van der Waals surface area contributed by atoms with Crippen LogP contribution in [0.15, 0.2) is 41.4 Å². The first-order chi connectivity index (χ1) is 10.1. The third-order valence-corrected chi connectivity index (χ3v) is 3.40. The first kappa shape index (κ1) is 15.1. The maximum absolute atomic E-state index is 13.9. The first-order valence-corrected chi connectivity index (χ1v) is 6.78. The first-order valence-electron chi connectivity index (χ1n) is 6.78. The molecule has 0 radical (unpaired) electrons. The maximum Gasteiger partial charge on any atom is 0.123 e. The molecule has 2 rings (SSSR count). The van der Waals surface area contributed by atoms with Crippen molar-refractivity contribution < 1.29 is 8.78 Å². The molecule has 0 saturated heterocycles. The Morgan fingerprint density at radius 1 is 1.24 bits per heavy atom. The fraction of sp³-hybridized carbons (Fsp3) is 0.167. The summed E-state index contributed by atoms with van der Waals surface area (Å²) in [5.74, 6) is -0.495. The van der Waals surface area contributed by atoms with Gasteiger partial charge in [-0.25, -0.2) is 8.78 Å². The van der Waals surface area contributed by atoms with Crippen LogP contribution in [0.3, 0.4) is 0 Å². The highest BCUT2D eigenvalue weighted by atomic mass is 19.1. The summed E-state index contributed by atoms with van der Waals surface area (Å²) in [6.07, 6.45) is 1.83. The normalized spacial score (nSPS) is 13.2. The van der Waals surface area contributed by atoms with Gasteiger partial charge in [0.25, 0.3) is 0 Å². The van der Waals surface area contributed by atoms with E-state index in [0.717, 1.165) is 16.7 Å². The molecule has 0 aliphatic rings. The number of benzene rings is 2. The van der Waals surface area contributed by atoms with Crippen molar-refractivity contribution in [3.63, 3.8) is 0 Å². The van der Waals surface area contributed by atoms with Crippen molar-refractivity contribution in [3.05, 3.63) is 58.2 Å². The molecule has 0 spiro atoms. The summed E-state index contributed by atoms with van der Waals surface area (Å²) in [5.41, 5.74) is 2.58. The Bertz CT molecular complexity index is 791. The molecular formula is C18H17F2N. The zero-order valence-electron chi connectivity index (χ0n) is 12.2. The summed E-state index contributed by atoms with van der Waals surface area (Å²) in [5, 5.41) is 1.15. The van der Waals surface area contributed by atoms with E-state index in [9.17, 15) is 8.78 Å². The SMILES string of the molecule is C=N/C=c1/cc(-c2cc(F)ccc2C)cc/c1=C(\F)CC. The molecule has 0 saturated carbocycles. The zero-order valence-corrected chi connectivity index (χ0v) is 12.2. The highest BCUT2D eigenvalue weighted by Gasteiger charge is 2.05. The summed E-state index contributed by atoms with van der Waals surface area (Å²) in [4.78, 5) is 3.73. The van der Waals surface area contributed by atoms with Gasteiger partial charge in [0.05, 0.1) is 0 Å². The minimum Gasteiger partial charge on any atom is -0.272 e. The van der Waals surface area contributed by atoms with Crippen LogP contribution < -0.4 is 10.4 Å². The van der Waals surface area contributed by atoms with Gasteiger partial charge in [0.2, 0.25) is 0 Å². The number of aliphatic imine (C=N–C) groups is 1. The van der Waals surface area contributed by atoms with Crippen molar-refractivity contribution in [3.8, 4) is 11.1 Å². The molecule has 0 aliphatic heterocycles. The molecule has 0 amide bonds. The van der Waals surface area contributed by atoms with Crippen molar-refractivity contribution in [1.29, 1.82) is 0 Å². The molecule has 2 aromatic rings. The lowest BCUT2D eigenvalue weighted by Gasteiger charge is -2.07. The number of nitrogens with zero attached hydrogens (tertiary/aromatic N) is 1. The molecule has 3 heteroatoms. The Kier molecular flexibility index (Phi) is 4.63. The topological polar surface area (TPSA) is 12.4 Å². The molecule has 0 bridgehead atoms. The second-order valence-electron chi connectivity index (χ2n) is 4.83. The molecule has 21 heavy (non-hydrogen) atoms. The molecule has 0 unspecified atom stereocenters. The minimum atomic E-state index is -0.293. The van der Waals surface area contributed by atoms with Crippen LogP contribution >= 0.6 is 0 Å². The van der Waals surface area contributed by atoms with Gasteiger partial charge in [0, 0.05) is 16.6 Å². The van der Waals surface area contributed by atoms with Crippen LogP contribution in [0.4, 0.5) is 8.78 Å². The number of aryl methyl sites for hydroxylation is 1. The van der Waals surface area contributed by atoms with Crippen LogP contribution in [0.5, 0.6) is 0 Å². The van der Waals surface area contributed by atoms with Crippen molar-refractivity contribution in [2.45, 2.75) is 20.3 Å². The third-order valence-electron chi connectivity index (χ3n) is 3.40. The van der Waals surface area contributed by atoms with E-state index in [1.54, 1.807) is 31.2 Å². The van der Waals surface area contributed by atoms with Gasteiger partial charge in [0.15, 0.2) is 0 Å². The molecule has 0 heterocycles. The van der Waals surface area contributed by atoms with Crippen LogP contribution in [-0.2, 0) is 0 Å². The van der Waals surface area contributed by atoms with Crippen LogP contribution in [0, 0.1) is 12.7 Å². The van der Waals surface area contributed by atoms with Crippen LogP contribution in [-0.4, -0.2) is 6.72 Å². The Labute approximate surface area is 123 Å². The average molecular weight is 285 g/mol. The molecule has 0 N–H and O–H groups in total. The van der Waals surface area contributed by atoms with E-state index in [2.05, 4.69) is 11.7 Å².